The summed E-state index contributed by atoms with van der Waals surface area (Å²) in [5.41, 5.74) is 0.587. The van der Waals surface area contributed by atoms with E-state index < -0.39 is 24.4 Å². The number of hydrogen-bond donors (Lipinski definition) is 3. The highest BCUT2D eigenvalue weighted by molar-refractivity contribution is 5.94. The van der Waals surface area contributed by atoms with Crippen molar-refractivity contribution in [1.82, 2.24) is 25.4 Å². The second-order valence-corrected chi connectivity index (χ2v) is 9.64. The minimum absolute atomic E-state index is 0.145. The number of halogens is 1. The summed E-state index contributed by atoms with van der Waals surface area (Å²) < 4.78 is 25.3. The molecule has 39 heavy (non-hydrogen) atoms. The number of ether oxygens (including phenoxy) is 1. The Labute approximate surface area is 226 Å². The van der Waals surface area contributed by atoms with E-state index in [-0.39, 0.29) is 12.1 Å². The molecule has 2 aromatic heterocycles. The van der Waals surface area contributed by atoms with E-state index in [1.807, 2.05) is 0 Å². The topological polar surface area (TPSA) is 147 Å². The van der Waals surface area contributed by atoms with Crippen molar-refractivity contribution in [3.63, 3.8) is 0 Å². The quantitative estimate of drug-likeness (QED) is 0.276. The number of nitrogens with one attached hydrogen (secondary N) is 1. The van der Waals surface area contributed by atoms with Crippen molar-refractivity contribution < 1.29 is 28.7 Å². The van der Waals surface area contributed by atoms with Crippen LogP contribution in [0.3, 0.4) is 0 Å². The number of aryl methyl sites for hydroxylation is 1. The molecule has 1 aromatic carbocycles. The fourth-order valence-corrected chi connectivity index (χ4v) is 4.41. The Kier molecular flexibility index (Phi) is 10.1. The zero-order valence-corrected chi connectivity index (χ0v) is 22.1. The first-order valence-electron chi connectivity index (χ1n) is 13.4. The fourth-order valence-electron chi connectivity index (χ4n) is 4.41. The smallest absolute Gasteiger partial charge is 0.254 e. The average Bonchev–Trinajstić information content (AvgIpc) is 3.43. The first-order valence-corrected chi connectivity index (χ1v) is 13.4. The first kappa shape index (κ1) is 28.4. The summed E-state index contributed by atoms with van der Waals surface area (Å²) in [6.07, 6.45) is 7.96. The molecule has 3 heterocycles. The second-order valence-electron chi connectivity index (χ2n) is 9.64. The molecule has 3 aromatic rings. The molecule has 1 saturated heterocycles. The van der Waals surface area contributed by atoms with Crippen molar-refractivity contribution in [3.05, 3.63) is 47.9 Å². The molecule has 0 saturated carbocycles. The van der Waals surface area contributed by atoms with Crippen LogP contribution in [-0.4, -0.2) is 75.2 Å². The van der Waals surface area contributed by atoms with Crippen molar-refractivity contribution in [2.24, 2.45) is 5.92 Å². The molecule has 0 bridgehead atoms. The molecule has 1 amide bonds. The lowest BCUT2D eigenvalue weighted by Gasteiger charge is -2.32. The molecule has 210 valence electrons. The standard InChI is InChI=1S/C27H35FN6O5/c1-2-4-24-32-25(33-39-24)19-14-30-27(31-15-19)34-10-8-18(9-11-34)5-3-12-38-21-6-7-22(23(28)13-21)26(37)29-16-20(36)17-35/h6-7,13-15,18,20,35-36H,2-5,8-12,16-17H2,1H3,(H,29,37). The average molecular weight is 543 g/mol. The molecular weight excluding hydrogens is 507 g/mol. The third kappa shape index (κ3) is 7.93. The minimum Gasteiger partial charge on any atom is -0.493 e. The van der Waals surface area contributed by atoms with Gasteiger partial charge in [-0.05, 0) is 50.2 Å². The molecule has 1 aliphatic heterocycles. The van der Waals surface area contributed by atoms with Crippen LogP contribution in [0.15, 0.2) is 35.1 Å². The van der Waals surface area contributed by atoms with Crippen LogP contribution in [0.4, 0.5) is 10.3 Å². The summed E-state index contributed by atoms with van der Waals surface area (Å²) in [4.78, 5) is 27.6. The molecule has 3 N–H and O–H groups in total. The van der Waals surface area contributed by atoms with Crippen molar-refractivity contribution in [1.29, 1.82) is 0 Å². The summed E-state index contributed by atoms with van der Waals surface area (Å²) in [6, 6.07) is 4.08. The molecule has 0 spiro atoms. The highest BCUT2D eigenvalue weighted by atomic mass is 19.1. The Morgan fingerprint density at radius 1 is 1.28 bits per heavy atom. The maximum Gasteiger partial charge on any atom is 0.254 e. The van der Waals surface area contributed by atoms with E-state index in [1.54, 1.807) is 18.5 Å². The van der Waals surface area contributed by atoms with Gasteiger partial charge in [0.05, 0.1) is 30.4 Å². The van der Waals surface area contributed by atoms with Crippen LogP contribution in [0.5, 0.6) is 5.75 Å². The molecular formula is C27H35FN6O5. The molecule has 11 nitrogen and oxygen atoms in total. The Morgan fingerprint density at radius 3 is 2.74 bits per heavy atom. The number of rotatable bonds is 13. The number of hydrogen-bond acceptors (Lipinski definition) is 10. The molecule has 1 unspecified atom stereocenters. The highest BCUT2D eigenvalue weighted by Crippen LogP contribution is 2.25. The van der Waals surface area contributed by atoms with Crippen LogP contribution in [0.1, 0.15) is 55.3 Å². The molecule has 0 radical (unpaired) electrons. The minimum atomic E-state index is -1.09. The number of aliphatic hydroxyl groups excluding tert-OH is 2. The van der Waals surface area contributed by atoms with Crippen molar-refractivity contribution in [2.45, 2.75) is 51.6 Å². The van der Waals surface area contributed by atoms with E-state index in [2.05, 4.69) is 37.2 Å². The lowest BCUT2D eigenvalue weighted by Crippen LogP contribution is -2.34. The van der Waals surface area contributed by atoms with Crippen LogP contribution < -0.4 is 15.0 Å². The number of benzene rings is 1. The maximum absolute atomic E-state index is 14.3. The van der Waals surface area contributed by atoms with Gasteiger partial charge in [0.1, 0.15) is 11.6 Å². The van der Waals surface area contributed by atoms with Gasteiger partial charge >= 0.3 is 0 Å². The predicted octanol–water partition coefficient (Wildman–Crippen LogP) is 2.78. The Morgan fingerprint density at radius 2 is 2.05 bits per heavy atom. The number of aromatic nitrogens is 4. The largest absolute Gasteiger partial charge is 0.493 e. The lowest BCUT2D eigenvalue weighted by molar-refractivity contribution is 0.0799. The number of nitrogens with zero attached hydrogens (tertiary/aromatic N) is 5. The summed E-state index contributed by atoms with van der Waals surface area (Å²) in [5, 5.41) is 24.5. The highest BCUT2D eigenvalue weighted by Gasteiger charge is 2.21. The predicted molar refractivity (Wildman–Crippen MR) is 141 cm³/mol. The van der Waals surface area contributed by atoms with Crippen molar-refractivity contribution in [3.8, 4) is 17.1 Å². The van der Waals surface area contributed by atoms with E-state index >= 15 is 0 Å². The second kappa shape index (κ2) is 13.9. The van der Waals surface area contributed by atoms with Crippen LogP contribution in [0, 0.1) is 11.7 Å². The number of carbonyl (C=O) groups is 1. The van der Waals surface area contributed by atoms with Gasteiger partial charge in [-0.1, -0.05) is 12.1 Å². The van der Waals surface area contributed by atoms with E-state index in [1.165, 1.54) is 12.1 Å². The number of aliphatic hydroxyl groups is 2. The summed E-state index contributed by atoms with van der Waals surface area (Å²) >= 11 is 0. The molecule has 4 rings (SSSR count). The monoisotopic (exact) mass is 542 g/mol. The number of carbonyl (C=O) groups excluding carboxylic acids is 1. The summed E-state index contributed by atoms with van der Waals surface area (Å²) in [5.74, 6) is 1.38. The van der Waals surface area contributed by atoms with Gasteiger partial charge in [-0.3, -0.25) is 4.79 Å². The molecule has 1 aliphatic rings. The van der Waals surface area contributed by atoms with Gasteiger partial charge in [0.25, 0.3) is 5.91 Å². The SMILES string of the molecule is CCCc1nc(-c2cnc(N3CCC(CCCOc4ccc(C(=O)NCC(O)CO)c(F)c4)CC3)nc2)no1. The van der Waals surface area contributed by atoms with Gasteiger partial charge in [0.15, 0.2) is 0 Å². The number of amides is 1. The number of piperidine rings is 1. The van der Waals surface area contributed by atoms with Gasteiger partial charge in [0, 0.05) is 44.5 Å². The van der Waals surface area contributed by atoms with E-state index in [9.17, 15) is 14.3 Å². The van der Waals surface area contributed by atoms with Crippen LogP contribution >= 0.6 is 0 Å². The van der Waals surface area contributed by atoms with Gasteiger partial charge in [0.2, 0.25) is 17.7 Å². The van der Waals surface area contributed by atoms with Crippen molar-refractivity contribution >= 4 is 11.9 Å². The van der Waals surface area contributed by atoms with Crippen molar-refractivity contribution in [2.75, 3.05) is 37.7 Å². The number of anilines is 1. The fraction of sp³-hybridized carbons (Fsp3) is 0.519. The third-order valence-corrected chi connectivity index (χ3v) is 6.65. The normalized spacial score (nSPS) is 14.8. The molecule has 0 aliphatic carbocycles. The Balaban J connectivity index is 1.16. The zero-order chi connectivity index (χ0) is 27.6. The molecule has 1 fully saturated rings. The third-order valence-electron chi connectivity index (χ3n) is 6.65. The molecule has 12 heteroatoms. The summed E-state index contributed by atoms with van der Waals surface area (Å²) in [6.45, 7) is 3.61. The molecule has 1 atom stereocenters. The van der Waals surface area contributed by atoms with Gasteiger partial charge < -0.3 is 29.7 Å². The Bertz CT molecular complexity index is 1200. The van der Waals surface area contributed by atoms with Crippen LogP contribution in [0.2, 0.25) is 0 Å². The first-order chi connectivity index (χ1) is 19.0. The summed E-state index contributed by atoms with van der Waals surface area (Å²) in [7, 11) is 0. The van der Waals surface area contributed by atoms with Gasteiger partial charge in [-0.2, -0.15) is 4.98 Å². The van der Waals surface area contributed by atoms with Gasteiger partial charge in [-0.25, -0.2) is 14.4 Å². The lowest BCUT2D eigenvalue weighted by atomic mass is 9.92. The van der Waals surface area contributed by atoms with E-state index in [0.717, 1.165) is 57.2 Å². The van der Waals surface area contributed by atoms with Crippen LogP contribution in [-0.2, 0) is 6.42 Å². The van der Waals surface area contributed by atoms with E-state index in [4.69, 9.17) is 14.4 Å². The maximum atomic E-state index is 14.3. The zero-order valence-electron chi connectivity index (χ0n) is 22.1. The Hall–Kier alpha value is -3.64. The van der Waals surface area contributed by atoms with E-state index in [0.29, 0.717) is 35.9 Å². The van der Waals surface area contributed by atoms with Crippen LogP contribution in [0.25, 0.3) is 11.4 Å². The van der Waals surface area contributed by atoms with Gasteiger partial charge in [-0.15, -0.1) is 0 Å².